The van der Waals surface area contributed by atoms with Crippen molar-refractivity contribution >= 4 is 34.8 Å². The quantitative estimate of drug-likeness (QED) is 0.830. The molecule has 0 saturated carbocycles. The lowest BCUT2D eigenvalue weighted by atomic mass is 10.2. The smallest absolute Gasteiger partial charge is 0.261 e. The van der Waals surface area contributed by atoms with E-state index in [4.69, 9.17) is 11.6 Å². The van der Waals surface area contributed by atoms with Gasteiger partial charge in [-0.25, -0.2) is 4.39 Å². The Hall–Kier alpha value is -1.92. The molecular formula is C14H12ClFN2O2S. The molecule has 2 aromatic rings. The van der Waals surface area contributed by atoms with Crippen LogP contribution in [0.4, 0.5) is 4.39 Å². The first kappa shape index (κ1) is 15.5. The Balaban J connectivity index is 1.81. The van der Waals surface area contributed by atoms with Crippen molar-refractivity contribution in [2.24, 2.45) is 0 Å². The first-order chi connectivity index (χ1) is 10.1. The largest absolute Gasteiger partial charge is 0.350 e. The van der Waals surface area contributed by atoms with Crippen molar-refractivity contribution in [1.29, 1.82) is 0 Å². The van der Waals surface area contributed by atoms with E-state index in [0.29, 0.717) is 4.88 Å². The third-order valence-corrected chi connectivity index (χ3v) is 3.81. The summed E-state index contributed by atoms with van der Waals surface area (Å²) in [7, 11) is 0. The number of hydrogen-bond acceptors (Lipinski definition) is 3. The second-order valence-electron chi connectivity index (χ2n) is 4.09. The highest BCUT2D eigenvalue weighted by Crippen LogP contribution is 2.18. The summed E-state index contributed by atoms with van der Waals surface area (Å²) >= 11 is 7.12. The average molecular weight is 327 g/mol. The summed E-state index contributed by atoms with van der Waals surface area (Å²) in [6.07, 6.45) is 0. The highest BCUT2D eigenvalue weighted by molar-refractivity contribution is 7.12. The van der Waals surface area contributed by atoms with Crippen molar-refractivity contribution in [2.45, 2.75) is 0 Å². The van der Waals surface area contributed by atoms with Gasteiger partial charge < -0.3 is 10.6 Å². The zero-order chi connectivity index (χ0) is 15.2. The molecule has 0 saturated heterocycles. The van der Waals surface area contributed by atoms with Crippen molar-refractivity contribution < 1.29 is 14.0 Å². The van der Waals surface area contributed by atoms with E-state index < -0.39 is 11.7 Å². The average Bonchev–Trinajstić information content (AvgIpc) is 2.97. The van der Waals surface area contributed by atoms with Gasteiger partial charge in [-0.3, -0.25) is 9.59 Å². The zero-order valence-corrected chi connectivity index (χ0v) is 12.4. The van der Waals surface area contributed by atoms with E-state index in [2.05, 4.69) is 10.6 Å². The van der Waals surface area contributed by atoms with Gasteiger partial charge >= 0.3 is 0 Å². The molecule has 21 heavy (non-hydrogen) atoms. The SMILES string of the molecule is O=C(NCCNC(=O)c1c(F)cccc1Cl)c1cccs1. The van der Waals surface area contributed by atoms with E-state index in [1.54, 1.807) is 17.5 Å². The summed E-state index contributed by atoms with van der Waals surface area (Å²) in [5.41, 5.74) is -0.191. The Kier molecular flexibility index (Phi) is 5.30. The third kappa shape index (κ3) is 4.03. The second-order valence-corrected chi connectivity index (χ2v) is 5.44. The molecule has 4 nitrogen and oxygen atoms in total. The first-order valence-corrected chi connectivity index (χ1v) is 7.39. The number of thiophene rings is 1. The number of amides is 2. The monoisotopic (exact) mass is 326 g/mol. The Morgan fingerprint density at radius 1 is 1.10 bits per heavy atom. The van der Waals surface area contributed by atoms with Crippen molar-refractivity contribution in [3.63, 3.8) is 0 Å². The van der Waals surface area contributed by atoms with Crippen LogP contribution >= 0.6 is 22.9 Å². The number of rotatable bonds is 5. The number of carbonyl (C=O) groups is 2. The fourth-order valence-electron chi connectivity index (χ4n) is 1.65. The number of hydrogen-bond donors (Lipinski definition) is 2. The van der Waals surface area contributed by atoms with Crippen LogP contribution in [0.3, 0.4) is 0 Å². The highest BCUT2D eigenvalue weighted by atomic mass is 35.5. The predicted octanol–water partition coefficient (Wildman–Crippen LogP) is 2.70. The van der Waals surface area contributed by atoms with Gasteiger partial charge in [0.05, 0.1) is 15.5 Å². The minimum Gasteiger partial charge on any atom is -0.350 e. The highest BCUT2D eigenvalue weighted by Gasteiger charge is 2.15. The third-order valence-electron chi connectivity index (χ3n) is 2.63. The molecule has 0 atom stereocenters. The summed E-state index contributed by atoms with van der Waals surface area (Å²) in [6, 6.07) is 7.52. The number of halogens is 2. The van der Waals surface area contributed by atoms with Gasteiger partial charge in [-0.1, -0.05) is 23.7 Å². The molecule has 2 amide bonds. The summed E-state index contributed by atoms with van der Waals surface area (Å²) in [4.78, 5) is 24.0. The zero-order valence-electron chi connectivity index (χ0n) is 10.9. The normalized spacial score (nSPS) is 10.2. The van der Waals surface area contributed by atoms with Gasteiger partial charge in [-0.15, -0.1) is 11.3 Å². The fraction of sp³-hybridized carbons (Fsp3) is 0.143. The van der Waals surface area contributed by atoms with Crippen molar-refractivity contribution in [3.8, 4) is 0 Å². The van der Waals surface area contributed by atoms with Crippen molar-refractivity contribution in [1.82, 2.24) is 10.6 Å². The van der Waals surface area contributed by atoms with Crippen molar-refractivity contribution in [3.05, 3.63) is 57.0 Å². The van der Waals surface area contributed by atoms with Crippen LogP contribution in [0.1, 0.15) is 20.0 Å². The topological polar surface area (TPSA) is 58.2 Å². The Labute approximate surface area is 129 Å². The van der Waals surface area contributed by atoms with Crippen LogP contribution in [-0.4, -0.2) is 24.9 Å². The van der Waals surface area contributed by atoms with E-state index in [-0.39, 0.29) is 29.6 Å². The lowest BCUT2D eigenvalue weighted by Gasteiger charge is -2.08. The fourth-order valence-corrected chi connectivity index (χ4v) is 2.54. The van der Waals surface area contributed by atoms with Gasteiger partial charge in [-0.2, -0.15) is 0 Å². The molecule has 0 radical (unpaired) electrons. The summed E-state index contributed by atoms with van der Waals surface area (Å²) in [6.45, 7) is 0.426. The number of benzene rings is 1. The van der Waals surface area contributed by atoms with E-state index in [1.165, 1.54) is 29.5 Å². The molecule has 1 aromatic heterocycles. The van der Waals surface area contributed by atoms with Crippen LogP contribution < -0.4 is 10.6 Å². The minimum atomic E-state index is -0.678. The molecule has 0 aliphatic carbocycles. The molecule has 0 spiro atoms. The predicted molar refractivity (Wildman–Crippen MR) is 80.4 cm³/mol. The number of nitrogens with one attached hydrogen (secondary N) is 2. The molecule has 7 heteroatoms. The van der Waals surface area contributed by atoms with E-state index >= 15 is 0 Å². The van der Waals surface area contributed by atoms with E-state index in [9.17, 15) is 14.0 Å². The summed E-state index contributed by atoms with van der Waals surface area (Å²) in [5, 5.41) is 7.01. The number of carbonyl (C=O) groups excluding carboxylic acids is 2. The Morgan fingerprint density at radius 2 is 1.81 bits per heavy atom. The maximum Gasteiger partial charge on any atom is 0.261 e. The van der Waals surface area contributed by atoms with E-state index in [0.717, 1.165) is 0 Å². The molecule has 2 rings (SSSR count). The molecule has 0 aliphatic rings. The van der Waals surface area contributed by atoms with Crippen LogP contribution in [0.5, 0.6) is 0 Å². The maximum atomic E-state index is 13.5. The maximum absolute atomic E-state index is 13.5. The molecule has 0 bridgehead atoms. The lowest BCUT2D eigenvalue weighted by Crippen LogP contribution is -2.34. The van der Waals surface area contributed by atoms with Gasteiger partial charge in [0.2, 0.25) is 0 Å². The molecule has 1 aromatic carbocycles. The van der Waals surface area contributed by atoms with Crippen LogP contribution in [0.25, 0.3) is 0 Å². The molecule has 2 N–H and O–H groups in total. The van der Waals surface area contributed by atoms with Gasteiger partial charge in [0.15, 0.2) is 0 Å². The van der Waals surface area contributed by atoms with Crippen molar-refractivity contribution in [2.75, 3.05) is 13.1 Å². The lowest BCUT2D eigenvalue weighted by molar-refractivity contribution is 0.0927. The molecule has 0 unspecified atom stereocenters. The summed E-state index contributed by atoms with van der Waals surface area (Å²) < 4.78 is 13.5. The molecule has 0 fully saturated rings. The van der Waals surface area contributed by atoms with Gasteiger partial charge in [0.1, 0.15) is 5.82 Å². The van der Waals surface area contributed by atoms with Gasteiger partial charge in [0.25, 0.3) is 11.8 Å². The minimum absolute atomic E-state index is 0.0510. The molecule has 1 heterocycles. The van der Waals surface area contributed by atoms with Crippen LogP contribution in [0.15, 0.2) is 35.7 Å². The Bertz CT molecular complexity index is 626. The van der Waals surface area contributed by atoms with Gasteiger partial charge in [0, 0.05) is 13.1 Å². The van der Waals surface area contributed by atoms with Crippen LogP contribution in [0, 0.1) is 5.82 Å². The van der Waals surface area contributed by atoms with Gasteiger partial charge in [-0.05, 0) is 23.6 Å². The molecule has 110 valence electrons. The molecule has 0 aliphatic heterocycles. The van der Waals surface area contributed by atoms with Crippen LogP contribution in [0.2, 0.25) is 5.02 Å². The standard InChI is InChI=1S/C14H12ClFN2O2S/c15-9-3-1-4-10(16)12(9)14(20)18-7-6-17-13(19)11-5-2-8-21-11/h1-5,8H,6-7H2,(H,17,19)(H,18,20). The van der Waals surface area contributed by atoms with Crippen LogP contribution in [-0.2, 0) is 0 Å². The summed E-state index contributed by atoms with van der Waals surface area (Å²) in [5.74, 6) is -1.49. The molecular weight excluding hydrogens is 315 g/mol. The second kappa shape index (κ2) is 7.19. The first-order valence-electron chi connectivity index (χ1n) is 6.13. The van der Waals surface area contributed by atoms with E-state index in [1.807, 2.05) is 0 Å². The Morgan fingerprint density at radius 3 is 2.43 bits per heavy atom.